The number of rotatable bonds is 2. The molecule has 1 heterocycles. The summed E-state index contributed by atoms with van der Waals surface area (Å²) in [7, 11) is 0. The second kappa shape index (κ2) is 6.12. The summed E-state index contributed by atoms with van der Waals surface area (Å²) in [5.41, 5.74) is 1.59. The van der Waals surface area contributed by atoms with Gasteiger partial charge in [0.1, 0.15) is 0 Å². The molecule has 1 aromatic rings. The van der Waals surface area contributed by atoms with Gasteiger partial charge in [0.2, 0.25) is 5.91 Å². The molecule has 0 bridgehead atoms. The fraction of sp³-hybridized carbons (Fsp3) is 0.682. The predicted molar refractivity (Wildman–Crippen MR) is 103 cm³/mol. The Balaban J connectivity index is 1.75. The fourth-order valence-corrected chi connectivity index (χ4v) is 4.41. The van der Waals surface area contributed by atoms with E-state index >= 15 is 0 Å². The Bertz CT molecular complexity index is 631. The summed E-state index contributed by atoms with van der Waals surface area (Å²) in [5, 5.41) is 10.7. The van der Waals surface area contributed by atoms with Crippen LogP contribution in [0.4, 0.5) is 5.69 Å². The van der Waals surface area contributed by atoms with Gasteiger partial charge in [0.25, 0.3) is 0 Å². The summed E-state index contributed by atoms with van der Waals surface area (Å²) < 4.78 is 0. The molecular weight excluding hydrogens is 310 g/mol. The van der Waals surface area contributed by atoms with Crippen LogP contribution in [0, 0.1) is 11.3 Å². The number of aliphatic hydroxyl groups is 1. The average molecular weight is 344 g/mol. The molecule has 1 saturated carbocycles. The van der Waals surface area contributed by atoms with Gasteiger partial charge in [-0.25, -0.2) is 0 Å². The zero-order valence-corrected chi connectivity index (χ0v) is 16.4. The zero-order chi connectivity index (χ0) is 18.5. The Morgan fingerprint density at radius 3 is 2.04 bits per heavy atom. The molecule has 0 aromatic heterocycles. The molecule has 0 atom stereocenters. The minimum atomic E-state index is -0.590. The number of anilines is 1. The number of carbonyl (C=O) groups is 1. The maximum atomic E-state index is 13.2. The first-order chi connectivity index (χ1) is 11.6. The maximum Gasteiger partial charge on any atom is 0.233 e. The summed E-state index contributed by atoms with van der Waals surface area (Å²) in [6, 6.07) is 8.47. The van der Waals surface area contributed by atoms with E-state index in [0.29, 0.717) is 0 Å². The Kier molecular flexibility index (Phi) is 4.51. The molecule has 1 aliphatic heterocycles. The molecule has 3 nitrogen and oxygen atoms in total. The van der Waals surface area contributed by atoms with Gasteiger partial charge < -0.3 is 10.0 Å². The highest BCUT2D eigenvalue weighted by molar-refractivity contribution is 6.00. The van der Waals surface area contributed by atoms with Gasteiger partial charge >= 0.3 is 0 Å². The molecule has 1 aliphatic carbocycles. The monoisotopic (exact) mass is 343 g/mol. The van der Waals surface area contributed by atoms with E-state index in [0.717, 1.165) is 44.3 Å². The number of benzene rings is 1. The molecule has 1 aromatic carbocycles. The number of amides is 1. The van der Waals surface area contributed by atoms with Crippen molar-refractivity contribution < 1.29 is 9.90 Å². The topological polar surface area (TPSA) is 40.5 Å². The Hall–Kier alpha value is -1.35. The minimum absolute atomic E-state index is 0.124. The van der Waals surface area contributed by atoms with E-state index < -0.39 is 5.60 Å². The minimum Gasteiger partial charge on any atom is -0.390 e. The van der Waals surface area contributed by atoms with Gasteiger partial charge in [0.15, 0.2) is 0 Å². The van der Waals surface area contributed by atoms with Crippen molar-refractivity contribution >= 4 is 11.6 Å². The molecule has 3 rings (SSSR count). The van der Waals surface area contributed by atoms with Crippen molar-refractivity contribution in [2.45, 2.75) is 77.7 Å². The molecule has 2 aliphatic rings. The van der Waals surface area contributed by atoms with Crippen LogP contribution in [0.25, 0.3) is 0 Å². The van der Waals surface area contributed by atoms with E-state index in [1.165, 1.54) is 5.56 Å². The van der Waals surface area contributed by atoms with Gasteiger partial charge in [0.05, 0.1) is 11.0 Å². The van der Waals surface area contributed by atoms with Crippen LogP contribution in [-0.2, 0) is 10.2 Å². The fourth-order valence-electron chi connectivity index (χ4n) is 4.41. The van der Waals surface area contributed by atoms with Crippen molar-refractivity contribution in [2.75, 3.05) is 11.4 Å². The lowest BCUT2D eigenvalue weighted by Gasteiger charge is -2.43. The molecule has 0 unspecified atom stereocenters. The third-order valence-electron chi connectivity index (χ3n) is 6.71. The summed E-state index contributed by atoms with van der Waals surface area (Å²) in [5.74, 6) is 0.518. The van der Waals surface area contributed by atoms with Gasteiger partial charge in [-0.15, -0.1) is 0 Å². The van der Waals surface area contributed by atoms with Gasteiger partial charge in [-0.3, -0.25) is 4.79 Å². The number of hydrogen-bond donors (Lipinski definition) is 1. The van der Waals surface area contributed by atoms with Gasteiger partial charge in [-0.1, -0.05) is 46.8 Å². The highest BCUT2D eigenvalue weighted by atomic mass is 16.3. The highest BCUT2D eigenvalue weighted by Crippen LogP contribution is 2.50. The van der Waals surface area contributed by atoms with Crippen LogP contribution in [-0.4, -0.2) is 23.2 Å². The van der Waals surface area contributed by atoms with Crippen molar-refractivity contribution in [1.29, 1.82) is 0 Å². The third kappa shape index (κ3) is 3.23. The van der Waals surface area contributed by atoms with Crippen LogP contribution < -0.4 is 4.90 Å². The first kappa shape index (κ1) is 18.4. The van der Waals surface area contributed by atoms with Crippen molar-refractivity contribution in [3.63, 3.8) is 0 Å². The summed E-state index contributed by atoms with van der Waals surface area (Å²) in [6.45, 7) is 11.6. The Labute approximate surface area is 152 Å². The SMILES string of the molecule is CC(C)[C@]1(O)CC[C@]2(CCN(c3ccc(C(C)(C)C)cc3)C2=O)CC1. The summed E-state index contributed by atoms with van der Waals surface area (Å²) in [6.07, 6.45) is 4.04. The Morgan fingerprint density at radius 1 is 1.00 bits per heavy atom. The molecule has 3 heteroatoms. The van der Waals surface area contributed by atoms with Crippen molar-refractivity contribution in [1.82, 2.24) is 0 Å². The lowest BCUT2D eigenvalue weighted by atomic mass is 9.65. The van der Waals surface area contributed by atoms with E-state index in [1.807, 2.05) is 4.90 Å². The van der Waals surface area contributed by atoms with Crippen LogP contribution in [0.15, 0.2) is 24.3 Å². The van der Waals surface area contributed by atoms with Crippen LogP contribution in [0.3, 0.4) is 0 Å². The first-order valence-corrected chi connectivity index (χ1v) is 9.72. The lowest BCUT2D eigenvalue weighted by molar-refractivity contribution is -0.132. The molecule has 1 amide bonds. The van der Waals surface area contributed by atoms with E-state index in [1.54, 1.807) is 0 Å². The molecule has 1 spiro atoms. The van der Waals surface area contributed by atoms with Gasteiger partial charge in [0, 0.05) is 12.2 Å². The number of hydrogen-bond acceptors (Lipinski definition) is 2. The highest BCUT2D eigenvalue weighted by Gasteiger charge is 2.52. The quantitative estimate of drug-likeness (QED) is 0.848. The van der Waals surface area contributed by atoms with Crippen LogP contribution in [0.1, 0.15) is 72.3 Å². The molecule has 25 heavy (non-hydrogen) atoms. The molecular formula is C22H33NO2. The smallest absolute Gasteiger partial charge is 0.233 e. The van der Waals surface area contributed by atoms with E-state index in [2.05, 4.69) is 58.9 Å². The summed E-state index contributed by atoms with van der Waals surface area (Å²) >= 11 is 0. The predicted octanol–water partition coefficient (Wildman–Crippen LogP) is 4.67. The van der Waals surface area contributed by atoms with E-state index in [4.69, 9.17) is 0 Å². The normalized spacial score (nSPS) is 30.5. The second-order valence-electron chi connectivity index (χ2n) is 9.54. The molecule has 1 N–H and O–H groups in total. The molecule has 2 fully saturated rings. The van der Waals surface area contributed by atoms with Crippen LogP contribution in [0.2, 0.25) is 0 Å². The largest absolute Gasteiger partial charge is 0.390 e. The number of carbonyl (C=O) groups excluding carboxylic acids is 1. The van der Waals surface area contributed by atoms with E-state index in [-0.39, 0.29) is 22.7 Å². The lowest BCUT2D eigenvalue weighted by Crippen LogP contribution is -2.46. The van der Waals surface area contributed by atoms with Crippen LogP contribution >= 0.6 is 0 Å². The maximum absolute atomic E-state index is 13.2. The molecule has 0 radical (unpaired) electrons. The average Bonchev–Trinajstić information content (AvgIpc) is 2.87. The van der Waals surface area contributed by atoms with Gasteiger partial charge in [-0.2, -0.15) is 0 Å². The van der Waals surface area contributed by atoms with Crippen molar-refractivity contribution in [2.24, 2.45) is 11.3 Å². The van der Waals surface area contributed by atoms with Crippen LogP contribution in [0.5, 0.6) is 0 Å². The zero-order valence-electron chi connectivity index (χ0n) is 16.4. The molecule has 138 valence electrons. The summed E-state index contributed by atoms with van der Waals surface area (Å²) in [4.78, 5) is 15.2. The first-order valence-electron chi connectivity index (χ1n) is 9.72. The number of nitrogens with zero attached hydrogens (tertiary/aromatic N) is 1. The van der Waals surface area contributed by atoms with Crippen molar-refractivity contribution in [3.05, 3.63) is 29.8 Å². The third-order valence-corrected chi connectivity index (χ3v) is 6.71. The standard InChI is InChI=1S/C22H33NO2/c1-16(2)22(25)12-10-21(11-13-22)14-15-23(19(21)24)18-8-6-17(7-9-18)20(3,4)5/h6-9,16,25H,10-15H2,1-5H3/t21-,22+. The molecule has 1 saturated heterocycles. The Morgan fingerprint density at radius 2 is 1.56 bits per heavy atom. The second-order valence-corrected chi connectivity index (χ2v) is 9.54. The van der Waals surface area contributed by atoms with E-state index in [9.17, 15) is 9.90 Å². The van der Waals surface area contributed by atoms with Crippen molar-refractivity contribution in [3.8, 4) is 0 Å². The van der Waals surface area contributed by atoms with Gasteiger partial charge in [-0.05, 0) is 61.1 Å².